The Morgan fingerprint density at radius 1 is 1.41 bits per heavy atom. The third-order valence-corrected chi connectivity index (χ3v) is 2.50. The fourth-order valence-corrected chi connectivity index (χ4v) is 1.63. The largest absolute Gasteiger partial charge is 0.285 e. The van der Waals surface area contributed by atoms with E-state index in [4.69, 9.17) is 0 Å². The lowest BCUT2D eigenvalue weighted by molar-refractivity contribution is -0.385. The number of aromatic nitrogens is 2. The van der Waals surface area contributed by atoms with Gasteiger partial charge in [0.25, 0.3) is 11.6 Å². The highest BCUT2D eigenvalue weighted by Gasteiger charge is 2.20. The summed E-state index contributed by atoms with van der Waals surface area (Å²) in [5, 5.41) is 14.6. The number of hydrogen-bond donors (Lipinski definition) is 0. The molecule has 0 aliphatic heterocycles. The average molecular weight is 296 g/mol. The SMILES string of the molecule is O=C(c1ccccc1[N+](=O)[O-])n1cc(Br)cn1. The molecule has 7 heteroatoms. The van der Waals surface area contributed by atoms with Gasteiger partial charge < -0.3 is 0 Å². The Morgan fingerprint density at radius 3 is 2.71 bits per heavy atom. The van der Waals surface area contributed by atoms with Gasteiger partial charge in [-0.1, -0.05) is 12.1 Å². The van der Waals surface area contributed by atoms with E-state index in [1.807, 2.05) is 0 Å². The van der Waals surface area contributed by atoms with Crippen LogP contribution in [-0.4, -0.2) is 20.6 Å². The van der Waals surface area contributed by atoms with Crippen LogP contribution in [-0.2, 0) is 0 Å². The molecule has 0 saturated heterocycles. The maximum absolute atomic E-state index is 12.0. The number of nitro groups is 1. The summed E-state index contributed by atoms with van der Waals surface area (Å²) in [4.78, 5) is 22.1. The Labute approximate surface area is 104 Å². The highest BCUT2D eigenvalue weighted by atomic mass is 79.9. The third-order valence-electron chi connectivity index (χ3n) is 2.09. The zero-order valence-electron chi connectivity index (χ0n) is 8.41. The van der Waals surface area contributed by atoms with Crippen LogP contribution < -0.4 is 0 Å². The number of para-hydroxylation sites is 1. The Kier molecular flexibility index (Phi) is 3.01. The molecule has 1 aromatic carbocycles. The number of halogens is 1. The van der Waals surface area contributed by atoms with Crippen molar-refractivity contribution in [3.05, 3.63) is 56.8 Å². The van der Waals surface area contributed by atoms with Crippen LogP contribution in [0.15, 0.2) is 41.1 Å². The van der Waals surface area contributed by atoms with Crippen molar-refractivity contribution >= 4 is 27.5 Å². The Balaban J connectivity index is 2.47. The summed E-state index contributed by atoms with van der Waals surface area (Å²) in [5.41, 5.74) is -0.225. The molecule has 0 bridgehead atoms. The first-order valence-electron chi connectivity index (χ1n) is 4.58. The van der Waals surface area contributed by atoms with E-state index in [1.165, 1.54) is 30.6 Å². The van der Waals surface area contributed by atoms with E-state index >= 15 is 0 Å². The van der Waals surface area contributed by atoms with Crippen LogP contribution in [0.1, 0.15) is 10.4 Å². The predicted molar refractivity (Wildman–Crippen MR) is 62.8 cm³/mol. The van der Waals surface area contributed by atoms with Gasteiger partial charge in [0.15, 0.2) is 0 Å². The fourth-order valence-electron chi connectivity index (χ4n) is 1.35. The highest BCUT2D eigenvalue weighted by molar-refractivity contribution is 9.10. The number of nitrogens with zero attached hydrogens (tertiary/aromatic N) is 3. The van der Waals surface area contributed by atoms with E-state index in [-0.39, 0.29) is 11.3 Å². The molecule has 0 aliphatic rings. The maximum Gasteiger partial charge on any atom is 0.285 e. The lowest BCUT2D eigenvalue weighted by Crippen LogP contribution is -2.14. The van der Waals surface area contributed by atoms with Gasteiger partial charge in [0.2, 0.25) is 0 Å². The molecule has 86 valence electrons. The van der Waals surface area contributed by atoms with Gasteiger partial charge in [-0.15, -0.1) is 0 Å². The van der Waals surface area contributed by atoms with Crippen molar-refractivity contribution in [2.75, 3.05) is 0 Å². The molecular formula is C10H6BrN3O3. The second-order valence-electron chi connectivity index (χ2n) is 3.18. The van der Waals surface area contributed by atoms with Gasteiger partial charge in [0, 0.05) is 12.3 Å². The third kappa shape index (κ3) is 2.23. The van der Waals surface area contributed by atoms with Crippen LogP contribution in [0.2, 0.25) is 0 Å². The van der Waals surface area contributed by atoms with Crippen molar-refractivity contribution in [3.8, 4) is 0 Å². The van der Waals surface area contributed by atoms with Crippen molar-refractivity contribution < 1.29 is 9.72 Å². The minimum absolute atomic E-state index is 0.00750. The summed E-state index contributed by atoms with van der Waals surface area (Å²) in [5.74, 6) is -0.539. The number of benzene rings is 1. The molecular weight excluding hydrogens is 290 g/mol. The normalized spacial score (nSPS) is 10.2. The molecule has 0 spiro atoms. The van der Waals surface area contributed by atoms with Crippen molar-refractivity contribution in [2.45, 2.75) is 0 Å². The number of hydrogen-bond acceptors (Lipinski definition) is 4. The van der Waals surface area contributed by atoms with Gasteiger partial charge in [-0.3, -0.25) is 14.9 Å². The van der Waals surface area contributed by atoms with Gasteiger partial charge in [0.1, 0.15) is 5.56 Å². The second-order valence-corrected chi connectivity index (χ2v) is 4.10. The molecule has 0 atom stereocenters. The molecule has 1 aromatic heterocycles. The van der Waals surface area contributed by atoms with Crippen molar-refractivity contribution in [2.24, 2.45) is 0 Å². The first-order chi connectivity index (χ1) is 8.09. The molecule has 0 aliphatic carbocycles. The average Bonchev–Trinajstić information content (AvgIpc) is 2.75. The minimum Gasteiger partial charge on any atom is -0.266 e. The quantitative estimate of drug-likeness (QED) is 0.629. The maximum atomic E-state index is 12.0. The zero-order valence-corrected chi connectivity index (χ0v) is 9.99. The first kappa shape index (κ1) is 11.5. The smallest absolute Gasteiger partial charge is 0.266 e. The summed E-state index contributed by atoms with van der Waals surface area (Å²) in [6.45, 7) is 0. The fraction of sp³-hybridized carbons (Fsp3) is 0. The van der Waals surface area contributed by atoms with Crippen molar-refractivity contribution in [1.29, 1.82) is 0 Å². The Hall–Kier alpha value is -2.02. The van der Waals surface area contributed by atoms with E-state index < -0.39 is 10.8 Å². The van der Waals surface area contributed by atoms with Gasteiger partial charge in [-0.05, 0) is 22.0 Å². The molecule has 0 saturated carbocycles. The monoisotopic (exact) mass is 295 g/mol. The summed E-state index contributed by atoms with van der Waals surface area (Å²) in [6, 6.07) is 5.76. The van der Waals surface area contributed by atoms with Crippen LogP contribution in [0.4, 0.5) is 5.69 Å². The molecule has 2 rings (SSSR count). The van der Waals surface area contributed by atoms with E-state index in [9.17, 15) is 14.9 Å². The molecule has 1 heterocycles. The number of carbonyl (C=O) groups is 1. The van der Waals surface area contributed by atoms with Crippen LogP contribution in [0.25, 0.3) is 0 Å². The highest BCUT2D eigenvalue weighted by Crippen LogP contribution is 2.19. The van der Waals surface area contributed by atoms with Gasteiger partial charge >= 0.3 is 0 Å². The number of nitro benzene ring substituents is 1. The van der Waals surface area contributed by atoms with E-state index in [2.05, 4.69) is 21.0 Å². The van der Waals surface area contributed by atoms with Crippen molar-refractivity contribution in [1.82, 2.24) is 9.78 Å². The molecule has 0 amide bonds. The topological polar surface area (TPSA) is 78.0 Å². The Morgan fingerprint density at radius 2 is 2.12 bits per heavy atom. The van der Waals surface area contributed by atoms with Crippen molar-refractivity contribution in [3.63, 3.8) is 0 Å². The summed E-state index contributed by atoms with van der Waals surface area (Å²) in [6.07, 6.45) is 2.88. The number of carbonyl (C=O) groups excluding carboxylic acids is 1. The molecule has 2 aromatic rings. The predicted octanol–water partition coefficient (Wildman–Crippen LogP) is 2.24. The molecule has 0 N–H and O–H groups in total. The van der Waals surface area contributed by atoms with Gasteiger partial charge in [-0.25, -0.2) is 4.68 Å². The van der Waals surface area contributed by atoms with E-state index in [0.717, 1.165) is 4.68 Å². The standard InChI is InChI=1S/C10H6BrN3O3/c11-7-5-12-13(6-7)10(15)8-3-1-2-4-9(8)14(16)17/h1-6H. The minimum atomic E-state index is -0.591. The molecule has 6 nitrogen and oxygen atoms in total. The molecule has 0 unspecified atom stereocenters. The van der Waals surface area contributed by atoms with E-state index in [0.29, 0.717) is 4.47 Å². The summed E-state index contributed by atoms with van der Waals surface area (Å²) >= 11 is 3.15. The summed E-state index contributed by atoms with van der Waals surface area (Å²) in [7, 11) is 0. The lowest BCUT2D eigenvalue weighted by atomic mass is 10.1. The molecule has 0 radical (unpaired) electrons. The van der Waals surface area contributed by atoms with Crippen LogP contribution >= 0.6 is 15.9 Å². The zero-order chi connectivity index (χ0) is 12.4. The van der Waals surface area contributed by atoms with Gasteiger partial charge in [0.05, 0.1) is 15.6 Å². The second kappa shape index (κ2) is 4.46. The van der Waals surface area contributed by atoms with Crippen LogP contribution in [0, 0.1) is 10.1 Å². The van der Waals surface area contributed by atoms with Crippen LogP contribution in [0.3, 0.4) is 0 Å². The van der Waals surface area contributed by atoms with Crippen LogP contribution in [0.5, 0.6) is 0 Å². The Bertz CT molecular complexity index is 594. The van der Waals surface area contributed by atoms with E-state index in [1.54, 1.807) is 6.07 Å². The van der Waals surface area contributed by atoms with Gasteiger partial charge in [-0.2, -0.15) is 5.10 Å². The molecule has 0 fully saturated rings. The summed E-state index contributed by atoms with van der Waals surface area (Å²) < 4.78 is 1.68. The first-order valence-corrected chi connectivity index (χ1v) is 5.37. The molecule has 17 heavy (non-hydrogen) atoms. The number of rotatable bonds is 2. The lowest BCUT2D eigenvalue weighted by Gasteiger charge is -2.01.